The number of hydrogen-bond donors (Lipinski definition) is 2. The zero-order valence-corrected chi connectivity index (χ0v) is 13.7. The van der Waals surface area contributed by atoms with E-state index >= 15 is 0 Å². The van der Waals surface area contributed by atoms with Crippen LogP contribution >= 0.6 is 0 Å². The van der Waals surface area contributed by atoms with Crippen molar-refractivity contribution in [2.24, 2.45) is 17.8 Å². The Morgan fingerprint density at radius 1 is 1.30 bits per heavy atom. The Bertz CT molecular complexity index is 776. The van der Waals surface area contributed by atoms with Crippen molar-refractivity contribution in [3.05, 3.63) is 23.8 Å². The minimum absolute atomic E-state index is 0.111. The first-order chi connectivity index (χ1) is 10.9. The molecule has 1 aromatic rings. The van der Waals surface area contributed by atoms with Crippen LogP contribution in [0.5, 0.6) is 0 Å². The third kappa shape index (κ3) is 2.61. The summed E-state index contributed by atoms with van der Waals surface area (Å²) >= 11 is 0. The zero-order valence-electron chi connectivity index (χ0n) is 12.9. The summed E-state index contributed by atoms with van der Waals surface area (Å²) in [4.78, 5) is 13.3. The molecule has 0 radical (unpaired) electrons. The summed E-state index contributed by atoms with van der Waals surface area (Å²) in [5.41, 5.74) is 2.16. The van der Waals surface area contributed by atoms with Crippen LogP contribution in [0.15, 0.2) is 23.1 Å². The number of likely N-dealkylation sites (N-methyl/N-ethyl adjacent to an activating group) is 1. The monoisotopic (exact) mass is 336 g/mol. The summed E-state index contributed by atoms with van der Waals surface area (Å²) in [7, 11) is -1.58. The Kier molecular flexibility index (Phi) is 3.22. The van der Waals surface area contributed by atoms with Crippen LogP contribution in [-0.4, -0.2) is 39.1 Å². The molecule has 0 unspecified atom stereocenters. The SMILES string of the molecule is CN1CCc2ccc(S(=O)(=O)N[C@@H]3C[C@@H]3[C@@H]3C[C@@H]3C(=O)O)cc21. The molecule has 4 atom stereocenters. The fourth-order valence-electron chi connectivity index (χ4n) is 3.75. The van der Waals surface area contributed by atoms with Gasteiger partial charge in [0, 0.05) is 25.3 Å². The quantitative estimate of drug-likeness (QED) is 0.840. The number of rotatable bonds is 5. The zero-order chi connectivity index (χ0) is 16.4. The largest absolute Gasteiger partial charge is 0.481 e. The van der Waals surface area contributed by atoms with Crippen molar-refractivity contribution in [3.63, 3.8) is 0 Å². The van der Waals surface area contributed by atoms with Crippen molar-refractivity contribution in [3.8, 4) is 0 Å². The van der Waals surface area contributed by atoms with Gasteiger partial charge in [-0.05, 0) is 48.8 Å². The molecule has 2 fully saturated rings. The number of anilines is 1. The molecule has 0 bridgehead atoms. The number of carbonyl (C=O) groups is 1. The van der Waals surface area contributed by atoms with Gasteiger partial charge in [0.15, 0.2) is 0 Å². The first kappa shape index (κ1) is 15.0. The summed E-state index contributed by atoms with van der Waals surface area (Å²) in [6.07, 6.45) is 2.38. The normalized spacial score (nSPS) is 31.8. The molecule has 23 heavy (non-hydrogen) atoms. The van der Waals surface area contributed by atoms with E-state index in [0.717, 1.165) is 25.1 Å². The van der Waals surface area contributed by atoms with E-state index in [2.05, 4.69) is 9.62 Å². The maximum Gasteiger partial charge on any atom is 0.306 e. The molecule has 0 amide bonds. The van der Waals surface area contributed by atoms with E-state index in [-0.39, 0.29) is 23.8 Å². The van der Waals surface area contributed by atoms with E-state index in [4.69, 9.17) is 5.11 Å². The summed E-state index contributed by atoms with van der Waals surface area (Å²) < 4.78 is 27.8. The van der Waals surface area contributed by atoms with Crippen molar-refractivity contribution >= 4 is 21.7 Å². The minimum Gasteiger partial charge on any atom is -0.481 e. The van der Waals surface area contributed by atoms with Gasteiger partial charge in [0.2, 0.25) is 10.0 Å². The Morgan fingerprint density at radius 2 is 2.09 bits per heavy atom. The lowest BCUT2D eigenvalue weighted by Gasteiger charge is -2.13. The highest BCUT2D eigenvalue weighted by atomic mass is 32.2. The second-order valence-electron chi connectivity index (χ2n) is 6.93. The smallest absolute Gasteiger partial charge is 0.306 e. The molecule has 6 nitrogen and oxygen atoms in total. The summed E-state index contributed by atoms with van der Waals surface area (Å²) in [6, 6.07) is 5.17. The summed E-state index contributed by atoms with van der Waals surface area (Å²) in [5.74, 6) is -0.706. The van der Waals surface area contributed by atoms with Gasteiger partial charge in [0.1, 0.15) is 0 Å². The number of carboxylic acid groups (broad SMARTS) is 1. The number of nitrogens with one attached hydrogen (secondary N) is 1. The van der Waals surface area contributed by atoms with Gasteiger partial charge >= 0.3 is 5.97 Å². The minimum atomic E-state index is -3.54. The second-order valence-corrected chi connectivity index (χ2v) is 8.65. The van der Waals surface area contributed by atoms with Crippen LogP contribution in [0.2, 0.25) is 0 Å². The molecule has 2 aliphatic carbocycles. The first-order valence-electron chi connectivity index (χ1n) is 7.96. The Labute approximate surface area is 135 Å². The highest BCUT2D eigenvalue weighted by Gasteiger charge is 2.57. The molecule has 1 heterocycles. The van der Waals surface area contributed by atoms with Gasteiger partial charge in [0.05, 0.1) is 10.8 Å². The predicted octanol–water partition coefficient (Wildman–Crippen LogP) is 1.07. The molecular weight excluding hydrogens is 316 g/mol. The molecule has 1 aromatic carbocycles. The van der Waals surface area contributed by atoms with Crippen LogP contribution in [0, 0.1) is 17.8 Å². The standard InChI is InChI=1S/C16H20N2O4S/c1-18-5-4-9-2-3-10(6-15(9)18)23(21,22)17-14-8-12(14)11-7-13(11)16(19)20/h2-3,6,11-14,17H,4-5,7-8H2,1H3,(H,19,20)/t11-,12+,13-,14+/m0/s1. The lowest BCUT2D eigenvalue weighted by molar-refractivity contribution is -0.138. The lowest BCUT2D eigenvalue weighted by atomic mass is 10.2. The molecule has 4 rings (SSSR count). The highest BCUT2D eigenvalue weighted by Crippen LogP contribution is 2.54. The third-order valence-corrected chi connectivity index (χ3v) is 6.84. The third-order valence-electron chi connectivity index (χ3n) is 5.35. The maximum atomic E-state index is 12.5. The molecular formula is C16H20N2O4S. The highest BCUT2D eigenvalue weighted by molar-refractivity contribution is 7.89. The Morgan fingerprint density at radius 3 is 2.78 bits per heavy atom. The first-order valence-corrected chi connectivity index (χ1v) is 9.44. The van der Waals surface area contributed by atoms with E-state index in [1.807, 2.05) is 13.1 Å². The van der Waals surface area contributed by atoms with Crippen LogP contribution < -0.4 is 9.62 Å². The molecule has 0 saturated heterocycles. The van der Waals surface area contributed by atoms with Gasteiger partial charge in [0.25, 0.3) is 0 Å². The number of sulfonamides is 1. The van der Waals surface area contributed by atoms with Crippen LogP contribution in [0.4, 0.5) is 5.69 Å². The number of hydrogen-bond acceptors (Lipinski definition) is 4. The van der Waals surface area contributed by atoms with E-state index in [1.54, 1.807) is 12.1 Å². The van der Waals surface area contributed by atoms with Gasteiger partial charge in [-0.3, -0.25) is 4.79 Å². The maximum absolute atomic E-state index is 12.5. The molecule has 0 spiro atoms. The molecule has 1 aliphatic heterocycles. The number of aliphatic carboxylic acids is 1. The molecule has 0 aromatic heterocycles. The Hall–Kier alpha value is -1.60. The predicted molar refractivity (Wildman–Crippen MR) is 84.9 cm³/mol. The van der Waals surface area contributed by atoms with Crippen molar-refractivity contribution in [1.29, 1.82) is 0 Å². The lowest BCUT2D eigenvalue weighted by Crippen LogP contribution is -2.27. The van der Waals surface area contributed by atoms with E-state index in [9.17, 15) is 13.2 Å². The fourth-order valence-corrected chi connectivity index (χ4v) is 5.07. The van der Waals surface area contributed by atoms with Crippen molar-refractivity contribution < 1.29 is 18.3 Å². The van der Waals surface area contributed by atoms with Crippen LogP contribution in [0.3, 0.4) is 0 Å². The van der Waals surface area contributed by atoms with Gasteiger partial charge in [-0.1, -0.05) is 6.07 Å². The van der Waals surface area contributed by atoms with E-state index in [1.165, 1.54) is 5.56 Å². The topological polar surface area (TPSA) is 86.7 Å². The number of carboxylic acids is 1. The number of fused-ring (bicyclic) bond motifs is 1. The van der Waals surface area contributed by atoms with Crippen LogP contribution in [0.25, 0.3) is 0 Å². The van der Waals surface area contributed by atoms with Crippen LogP contribution in [0.1, 0.15) is 18.4 Å². The summed E-state index contributed by atoms with van der Waals surface area (Å²) in [5, 5.41) is 8.97. The summed E-state index contributed by atoms with van der Waals surface area (Å²) in [6.45, 7) is 0.912. The van der Waals surface area contributed by atoms with Gasteiger partial charge in [-0.2, -0.15) is 0 Å². The molecule has 2 saturated carbocycles. The van der Waals surface area contributed by atoms with E-state index in [0.29, 0.717) is 11.3 Å². The van der Waals surface area contributed by atoms with Crippen molar-refractivity contribution in [1.82, 2.24) is 4.72 Å². The van der Waals surface area contributed by atoms with Crippen molar-refractivity contribution in [2.75, 3.05) is 18.5 Å². The molecule has 124 valence electrons. The van der Waals surface area contributed by atoms with Gasteiger partial charge in [-0.25, -0.2) is 13.1 Å². The Balaban J connectivity index is 1.46. The second kappa shape index (κ2) is 4.95. The number of nitrogens with zero attached hydrogens (tertiary/aromatic N) is 1. The van der Waals surface area contributed by atoms with Gasteiger partial charge < -0.3 is 10.0 Å². The van der Waals surface area contributed by atoms with Gasteiger partial charge in [-0.15, -0.1) is 0 Å². The molecule has 2 N–H and O–H groups in total. The molecule has 7 heteroatoms. The van der Waals surface area contributed by atoms with E-state index < -0.39 is 16.0 Å². The van der Waals surface area contributed by atoms with Crippen LogP contribution in [-0.2, 0) is 21.2 Å². The average Bonchev–Trinajstić information content (AvgIpc) is 3.37. The number of benzene rings is 1. The van der Waals surface area contributed by atoms with Crippen molar-refractivity contribution in [2.45, 2.75) is 30.2 Å². The fraction of sp³-hybridized carbons (Fsp3) is 0.562. The average molecular weight is 336 g/mol. The molecule has 3 aliphatic rings.